The van der Waals surface area contributed by atoms with E-state index < -0.39 is 0 Å². The van der Waals surface area contributed by atoms with Gasteiger partial charge in [0.05, 0.1) is 5.57 Å². The van der Waals surface area contributed by atoms with Crippen molar-refractivity contribution in [3.05, 3.63) is 11.3 Å². The summed E-state index contributed by atoms with van der Waals surface area (Å²) < 4.78 is 5.41. The summed E-state index contributed by atoms with van der Waals surface area (Å²) in [6.45, 7) is 5.32. The highest BCUT2D eigenvalue weighted by Crippen LogP contribution is 2.17. The van der Waals surface area contributed by atoms with Crippen LogP contribution in [0.5, 0.6) is 0 Å². The van der Waals surface area contributed by atoms with Crippen LogP contribution in [0.15, 0.2) is 11.3 Å². The van der Waals surface area contributed by atoms with E-state index in [0.29, 0.717) is 32.8 Å². The van der Waals surface area contributed by atoms with Crippen LogP contribution in [0.2, 0.25) is 0 Å². The van der Waals surface area contributed by atoms with Crippen LogP contribution in [-0.4, -0.2) is 71.3 Å². The number of aliphatic hydroxyl groups excluding tert-OH is 1. The molecule has 2 fully saturated rings. The van der Waals surface area contributed by atoms with E-state index in [1.165, 1.54) is 13.8 Å². The first kappa shape index (κ1) is 16.5. The van der Waals surface area contributed by atoms with Crippen LogP contribution >= 0.6 is 0 Å². The number of carbonyl (C=O) groups is 2. The minimum absolute atomic E-state index is 0.0179. The number of hydrogen-bond donors (Lipinski definition) is 2. The minimum atomic E-state index is -0.331. The second-order valence-electron chi connectivity index (χ2n) is 5.68. The molecule has 2 N–H and O–H groups in total. The molecular formula is C15H23N3O4. The third-order valence-corrected chi connectivity index (χ3v) is 4.06. The molecular weight excluding hydrogens is 286 g/mol. The molecule has 0 aromatic carbocycles. The Kier molecular flexibility index (Phi) is 5.18. The highest BCUT2D eigenvalue weighted by molar-refractivity contribution is 6.19. The Labute approximate surface area is 130 Å². The monoisotopic (exact) mass is 309 g/mol. The van der Waals surface area contributed by atoms with Gasteiger partial charge in [0.25, 0.3) is 5.91 Å². The molecule has 0 aliphatic carbocycles. The van der Waals surface area contributed by atoms with Crippen molar-refractivity contribution in [2.24, 2.45) is 0 Å². The standard InChI is InChI=1S/C15H23N3O4/c1-10(19)13(11(2)20)14(16)17-5-7-18(8-6-17)15(21)12-4-3-9-22-12/h12,16,19H,3-9H2,1-2H3/b13-10+,16-14?. The van der Waals surface area contributed by atoms with Gasteiger partial charge in [0.15, 0.2) is 5.78 Å². The van der Waals surface area contributed by atoms with E-state index in [1.54, 1.807) is 9.80 Å². The van der Waals surface area contributed by atoms with Crippen LogP contribution in [0, 0.1) is 5.41 Å². The van der Waals surface area contributed by atoms with E-state index in [-0.39, 0.29) is 35.0 Å². The maximum absolute atomic E-state index is 12.3. The third-order valence-electron chi connectivity index (χ3n) is 4.06. The van der Waals surface area contributed by atoms with Gasteiger partial charge in [-0.05, 0) is 26.7 Å². The lowest BCUT2D eigenvalue weighted by Gasteiger charge is -2.37. The van der Waals surface area contributed by atoms with Gasteiger partial charge in [-0.3, -0.25) is 15.0 Å². The average molecular weight is 309 g/mol. The fourth-order valence-electron chi connectivity index (χ4n) is 2.88. The van der Waals surface area contributed by atoms with Gasteiger partial charge in [-0.2, -0.15) is 0 Å². The number of rotatable bonds is 3. The van der Waals surface area contributed by atoms with E-state index in [4.69, 9.17) is 10.1 Å². The second kappa shape index (κ2) is 6.91. The summed E-state index contributed by atoms with van der Waals surface area (Å²) in [4.78, 5) is 27.3. The number of amides is 1. The number of aliphatic hydroxyl groups is 1. The first-order chi connectivity index (χ1) is 10.4. The Balaban J connectivity index is 1.94. The molecule has 2 aliphatic heterocycles. The maximum Gasteiger partial charge on any atom is 0.251 e. The number of hydrogen-bond acceptors (Lipinski definition) is 5. The molecule has 2 heterocycles. The Morgan fingerprint density at radius 2 is 1.73 bits per heavy atom. The number of amidine groups is 1. The number of allylic oxidation sites excluding steroid dienone is 1. The zero-order valence-electron chi connectivity index (χ0n) is 13.1. The van der Waals surface area contributed by atoms with Gasteiger partial charge in [0.2, 0.25) is 0 Å². The fraction of sp³-hybridized carbons (Fsp3) is 0.667. The average Bonchev–Trinajstić information content (AvgIpc) is 3.00. The summed E-state index contributed by atoms with van der Waals surface area (Å²) in [7, 11) is 0. The minimum Gasteiger partial charge on any atom is -0.512 e. The van der Waals surface area contributed by atoms with Gasteiger partial charge >= 0.3 is 0 Å². The number of piperazine rings is 1. The van der Waals surface area contributed by atoms with Crippen molar-refractivity contribution in [2.75, 3.05) is 32.8 Å². The molecule has 1 amide bonds. The molecule has 7 nitrogen and oxygen atoms in total. The van der Waals surface area contributed by atoms with Crippen molar-refractivity contribution in [3.63, 3.8) is 0 Å². The molecule has 122 valence electrons. The summed E-state index contributed by atoms with van der Waals surface area (Å²) in [6, 6.07) is 0. The lowest BCUT2D eigenvalue weighted by Crippen LogP contribution is -2.53. The Morgan fingerprint density at radius 1 is 1.14 bits per heavy atom. The van der Waals surface area contributed by atoms with E-state index in [0.717, 1.165) is 12.8 Å². The van der Waals surface area contributed by atoms with Crippen LogP contribution in [0.25, 0.3) is 0 Å². The van der Waals surface area contributed by atoms with Gasteiger partial charge in [-0.1, -0.05) is 0 Å². The maximum atomic E-state index is 12.3. The molecule has 2 aliphatic rings. The Morgan fingerprint density at radius 3 is 2.18 bits per heavy atom. The lowest BCUT2D eigenvalue weighted by molar-refractivity contribution is -0.142. The van der Waals surface area contributed by atoms with Crippen LogP contribution in [-0.2, 0) is 14.3 Å². The van der Waals surface area contributed by atoms with Gasteiger partial charge in [0.1, 0.15) is 17.7 Å². The van der Waals surface area contributed by atoms with Gasteiger partial charge in [0, 0.05) is 32.8 Å². The first-order valence-electron chi connectivity index (χ1n) is 7.57. The number of ether oxygens (including phenoxy) is 1. The largest absolute Gasteiger partial charge is 0.512 e. The smallest absolute Gasteiger partial charge is 0.251 e. The molecule has 0 bridgehead atoms. The Bertz CT molecular complexity index is 497. The van der Waals surface area contributed by atoms with E-state index in [1.807, 2.05) is 0 Å². The Hall–Kier alpha value is -1.89. The molecule has 0 saturated carbocycles. The molecule has 0 spiro atoms. The normalized spacial score (nSPS) is 23.3. The van der Waals surface area contributed by atoms with E-state index in [9.17, 15) is 14.7 Å². The summed E-state index contributed by atoms with van der Waals surface area (Å²) in [5.74, 6) is -0.431. The number of carbonyl (C=O) groups excluding carboxylic acids is 2. The van der Waals surface area contributed by atoms with Crippen molar-refractivity contribution in [1.82, 2.24) is 9.80 Å². The van der Waals surface area contributed by atoms with Gasteiger partial charge in [-0.25, -0.2) is 0 Å². The molecule has 1 unspecified atom stereocenters. The molecule has 1 atom stereocenters. The molecule has 2 saturated heterocycles. The van der Waals surface area contributed by atoms with Crippen molar-refractivity contribution in [2.45, 2.75) is 32.8 Å². The molecule has 7 heteroatoms. The summed E-state index contributed by atoms with van der Waals surface area (Å²) in [5.41, 5.74) is 0.0407. The molecule has 2 rings (SSSR count). The topological polar surface area (TPSA) is 93.9 Å². The van der Waals surface area contributed by atoms with Crippen LogP contribution in [0.3, 0.4) is 0 Å². The number of ketones is 1. The highest BCUT2D eigenvalue weighted by atomic mass is 16.5. The zero-order chi connectivity index (χ0) is 16.3. The van der Waals surface area contributed by atoms with Crippen LogP contribution < -0.4 is 0 Å². The zero-order valence-corrected chi connectivity index (χ0v) is 13.1. The van der Waals surface area contributed by atoms with Gasteiger partial charge in [-0.15, -0.1) is 0 Å². The van der Waals surface area contributed by atoms with E-state index in [2.05, 4.69) is 0 Å². The number of nitrogens with zero attached hydrogens (tertiary/aromatic N) is 2. The SMILES string of the molecule is CC(=O)/C(C(=N)N1CCN(C(=O)C2CCCO2)CC1)=C(/C)O. The summed E-state index contributed by atoms with van der Waals surface area (Å²) in [6.07, 6.45) is 1.37. The molecule has 0 aromatic heterocycles. The van der Waals surface area contributed by atoms with Crippen LogP contribution in [0.4, 0.5) is 0 Å². The van der Waals surface area contributed by atoms with Crippen molar-refractivity contribution in [3.8, 4) is 0 Å². The van der Waals surface area contributed by atoms with Crippen molar-refractivity contribution in [1.29, 1.82) is 5.41 Å². The van der Waals surface area contributed by atoms with Crippen molar-refractivity contribution < 1.29 is 19.4 Å². The van der Waals surface area contributed by atoms with Gasteiger partial charge < -0.3 is 19.6 Å². The predicted octanol–water partition coefficient (Wildman–Crippen LogP) is 0.708. The highest BCUT2D eigenvalue weighted by Gasteiger charge is 2.31. The quantitative estimate of drug-likeness (QED) is 0.346. The van der Waals surface area contributed by atoms with Crippen molar-refractivity contribution >= 4 is 17.5 Å². The van der Waals surface area contributed by atoms with E-state index >= 15 is 0 Å². The van der Waals surface area contributed by atoms with Crippen LogP contribution in [0.1, 0.15) is 26.7 Å². The molecule has 22 heavy (non-hydrogen) atoms. The summed E-state index contributed by atoms with van der Waals surface area (Å²) in [5, 5.41) is 17.7. The molecule has 0 radical (unpaired) electrons. The first-order valence-corrected chi connectivity index (χ1v) is 7.57. The third kappa shape index (κ3) is 3.47. The fourth-order valence-corrected chi connectivity index (χ4v) is 2.88. The number of nitrogens with one attached hydrogen (secondary N) is 1. The second-order valence-corrected chi connectivity index (χ2v) is 5.68. The predicted molar refractivity (Wildman–Crippen MR) is 80.9 cm³/mol. The molecule has 0 aromatic rings. The lowest BCUT2D eigenvalue weighted by atomic mass is 10.1. The summed E-state index contributed by atoms with van der Waals surface area (Å²) >= 11 is 0. The number of Topliss-reactive ketones (excluding diaryl/α,β-unsaturated/α-hetero) is 1.